The van der Waals surface area contributed by atoms with E-state index in [0.717, 1.165) is 13.2 Å². The monoisotopic (exact) mass is 435 g/mol. The van der Waals surface area contributed by atoms with Gasteiger partial charge in [-0.15, -0.1) is 0 Å². The number of rotatable bonds is 9. The number of imidazole rings is 1. The van der Waals surface area contributed by atoms with Gasteiger partial charge in [0.15, 0.2) is 5.78 Å². The van der Waals surface area contributed by atoms with Crippen LogP contribution in [0, 0.1) is 0 Å². The molecule has 0 aliphatic rings. The Balaban J connectivity index is 1.89. The topological polar surface area (TPSA) is 82.8 Å². The normalized spacial score (nSPS) is 12.2. The molecular weight excluding hydrogens is 415 g/mol. The maximum atomic E-state index is 13.9. The minimum absolute atomic E-state index is 0.0787. The van der Waals surface area contributed by atoms with Crippen LogP contribution in [-0.4, -0.2) is 46.0 Å². The Kier molecular flexibility index (Phi) is 6.88. The minimum atomic E-state index is -2.78. The fourth-order valence-electron chi connectivity index (χ4n) is 3.02. The second-order valence-electron chi connectivity index (χ2n) is 6.64. The van der Waals surface area contributed by atoms with Crippen LogP contribution < -0.4 is 4.74 Å². The molecule has 3 rings (SSSR count). The molecule has 1 atom stereocenters. The Morgan fingerprint density at radius 3 is 2.61 bits per heavy atom. The van der Waals surface area contributed by atoms with E-state index in [2.05, 4.69) is 14.7 Å². The molecule has 0 radical (unpaired) electrons. The van der Waals surface area contributed by atoms with E-state index in [9.17, 15) is 22.8 Å². The highest BCUT2D eigenvalue weighted by atomic mass is 19.3. The molecule has 3 aromatic rings. The molecule has 0 amide bonds. The van der Waals surface area contributed by atoms with Crippen molar-refractivity contribution in [1.82, 2.24) is 14.4 Å². The van der Waals surface area contributed by atoms with E-state index in [-0.39, 0.29) is 18.5 Å². The SMILES string of the molecule is CCOc1cc2nc(CC(F)C(=O)OC)cn2cc1CC(=O)c1cccc(C(F)F)n1. The number of halogens is 3. The molecule has 0 bridgehead atoms. The first kappa shape index (κ1) is 22.3. The highest BCUT2D eigenvalue weighted by Crippen LogP contribution is 2.24. The Bertz CT molecular complexity index is 1100. The van der Waals surface area contributed by atoms with Crippen LogP contribution in [0.1, 0.15) is 40.8 Å². The van der Waals surface area contributed by atoms with Crippen molar-refractivity contribution in [1.29, 1.82) is 0 Å². The zero-order valence-corrected chi connectivity index (χ0v) is 16.8. The van der Waals surface area contributed by atoms with Gasteiger partial charge in [-0.1, -0.05) is 6.07 Å². The minimum Gasteiger partial charge on any atom is -0.493 e. The largest absolute Gasteiger partial charge is 0.493 e. The first-order valence-corrected chi connectivity index (χ1v) is 9.45. The van der Waals surface area contributed by atoms with Gasteiger partial charge >= 0.3 is 5.97 Å². The summed E-state index contributed by atoms with van der Waals surface area (Å²) in [6.07, 6.45) is -1.92. The molecule has 3 aromatic heterocycles. The van der Waals surface area contributed by atoms with Gasteiger partial charge in [0.1, 0.15) is 22.8 Å². The second kappa shape index (κ2) is 9.59. The van der Waals surface area contributed by atoms with Crippen molar-refractivity contribution in [3.63, 3.8) is 0 Å². The molecule has 0 aliphatic carbocycles. The molecule has 1 unspecified atom stereocenters. The Hall–Kier alpha value is -3.43. The van der Waals surface area contributed by atoms with Crippen LogP contribution in [0.3, 0.4) is 0 Å². The number of aromatic nitrogens is 3. The average molecular weight is 435 g/mol. The summed E-state index contributed by atoms with van der Waals surface area (Å²) in [6, 6.07) is 5.46. The van der Waals surface area contributed by atoms with Crippen LogP contribution in [0.5, 0.6) is 5.75 Å². The van der Waals surface area contributed by atoms with Crippen molar-refractivity contribution < 1.29 is 32.2 Å². The third kappa shape index (κ3) is 5.19. The number of ketones is 1. The molecule has 0 fully saturated rings. The standard InChI is InChI=1S/C21H20F3N3O4/c1-3-31-18-9-19-25-13(8-14(22)21(29)30-2)11-27(19)10-12(18)7-17(28)15-5-4-6-16(26-15)20(23)24/h4-6,9-11,14,20H,3,7-8H2,1-2H3. The molecule has 0 aromatic carbocycles. The number of hydrogen-bond acceptors (Lipinski definition) is 6. The molecule has 0 spiro atoms. The highest BCUT2D eigenvalue weighted by Gasteiger charge is 2.21. The molecule has 0 saturated heterocycles. The maximum Gasteiger partial charge on any atom is 0.340 e. The Labute approximate surface area is 175 Å². The van der Waals surface area contributed by atoms with Gasteiger partial charge in [-0.2, -0.15) is 0 Å². The number of pyridine rings is 2. The van der Waals surface area contributed by atoms with E-state index in [0.29, 0.717) is 29.3 Å². The van der Waals surface area contributed by atoms with Crippen molar-refractivity contribution in [2.24, 2.45) is 0 Å². The van der Waals surface area contributed by atoms with Gasteiger partial charge in [-0.3, -0.25) is 4.79 Å². The summed E-state index contributed by atoms with van der Waals surface area (Å²) >= 11 is 0. The third-order valence-corrected chi connectivity index (χ3v) is 4.46. The number of nitrogens with zero attached hydrogens (tertiary/aromatic N) is 3. The molecule has 7 nitrogen and oxygen atoms in total. The predicted molar refractivity (Wildman–Crippen MR) is 104 cm³/mol. The van der Waals surface area contributed by atoms with Crippen LogP contribution in [-0.2, 0) is 22.4 Å². The molecule has 3 heterocycles. The lowest BCUT2D eigenvalue weighted by Crippen LogP contribution is -2.19. The van der Waals surface area contributed by atoms with Crippen molar-refractivity contribution in [2.45, 2.75) is 32.4 Å². The molecule has 10 heteroatoms. The van der Waals surface area contributed by atoms with Gasteiger partial charge in [0.2, 0.25) is 6.17 Å². The summed E-state index contributed by atoms with van der Waals surface area (Å²) in [5.74, 6) is -1.06. The van der Waals surface area contributed by atoms with Crippen LogP contribution >= 0.6 is 0 Å². The van der Waals surface area contributed by atoms with Gasteiger partial charge in [-0.25, -0.2) is 27.9 Å². The zero-order valence-electron chi connectivity index (χ0n) is 16.8. The summed E-state index contributed by atoms with van der Waals surface area (Å²) in [5.41, 5.74) is 0.680. The summed E-state index contributed by atoms with van der Waals surface area (Å²) in [4.78, 5) is 32.0. The van der Waals surface area contributed by atoms with Crippen molar-refractivity contribution in [3.05, 3.63) is 59.3 Å². The fraction of sp³-hybridized carbons (Fsp3) is 0.333. The quantitative estimate of drug-likeness (QED) is 0.378. The van der Waals surface area contributed by atoms with Gasteiger partial charge in [0.05, 0.1) is 19.4 Å². The summed E-state index contributed by atoms with van der Waals surface area (Å²) in [6.45, 7) is 2.09. The lowest BCUT2D eigenvalue weighted by atomic mass is 10.1. The highest BCUT2D eigenvalue weighted by molar-refractivity contribution is 5.96. The first-order valence-electron chi connectivity index (χ1n) is 9.45. The molecule has 0 aliphatic heterocycles. The smallest absolute Gasteiger partial charge is 0.340 e. The first-order chi connectivity index (χ1) is 14.8. The number of carbonyl (C=O) groups excluding carboxylic acids is 2. The van der Waals surface area contributed by atoms with Crippen LogP contribution in [0.25, 0.3) is 5.65 Å². The summed E-state index contributed by atoms with van der Waals surface area (Å²) in [5, 5.41) is 0. The Morgan fingerprint density at radius 2 is 1.94 bits per heavy atom. The number of alkyl halides is 3. The van der Waals surface area contributed by atoms with E-state index in [1.165, 1.54) is 18.3 Å². The van der Waals surface area contributed by atoms with E-state index in [1.54, 1.807) is 23.6 Å². The third-order valence-electron chi connectivity index (χ3n) is 4.46. The number of methoxy groups -OCH3 is 1. The average Bonchev–Trinajstić information content (AvgIpc) is 3.14. The molecule has 0 N–H and O–H groups in total. The maximum absolute atomic E-state index is 13.9. The fourth-order valence-corrected chi connectivity index (χ4v) is 3.02. The van der Waals surface area contributed by atoms with Crippen LogP contribution in [0.2, 0.25) is 0 Å². The van der Waals surface area contributed by atoms with Crippen molar-refractivity contribution in [2.75, 3.05) is 13.7 Å². The number of fused-ring (bicyclic) bond motifs is 1. The number of ether oxygens (including phenoxy) is 2. The van der Waals surface area contributed by atoms with Gasteiger partial charge in [0, 0.05) is 36.9 Å². The van der Waals surface area contributed by atoms with Crippen molar-refractivity contribution >= 4 is 17.4 Å². The molecule has 31 heavy (non-hydrogen) atoms. The van der Waals surface area contributed by atoms with Crippen LogP contribution in [0.4, 0.5) is 13.2 Å². The zero-order chi connectivity index (χ0) is 22.5. The van der Waals surface area contributed by atoms with Gasteiger partial charge in [-0.05, 0) is 19.1 Å². The van der Waals surface area contributed by atoms with Gasteiger partial charge < -0.3 is 13.9 Å². The summed E-state index contributed by atoms with van der Waals surface area (Å²) in [7, 11) is 1.10. The molecule has 0 saturated carbocycles. The number of hydrogen-bond donors (Lipinski definition) is 0. The van der Waals surface area contributed by atoms with E-state index < -0.39 is 30.0 Å². The second-order valence-corrected chi connectivity index (χ2v) is 6.64. The number of esters is 1. The number of carbonyl (C=O) groups is 2. The summed E-state index contributed by atoms with van der Waals surface area (Å²) < 4.78 is 51.2. The Morgan fingerprint density at radius 1 is 1.16 bits per heavy atom. The van der Waals surface area contributed by atoms with Crippen molar-refractivity contribution in [3.8, 4) is 5.75 Å². The lowest BCUT2D eigenvalue weighted by Gasteiger charge is -2.11. The van der Waals surface area contributed by atoms with E-state index >= 15 is 0 Å². The van der Waals surface area contributed by atoms with Gasteiger partial charge in [0.25, 0.3) is 6.43 Å². The number of Topliss-reactive ketones (excluding diaryl/α,β-unsaturated/α-hetero) is 1. The molecule has 164 valence electrons. The predicted octanol–water partition coefficient (Wildman–Crippen LogP) is 3.54. The molecular formula is C21H20F3N3O4. The van der Waals surface area contributed by atoms with E-state index in [4.69, 9.17) is 4.74 Å². The van der Waals surface area contributed by atoms with Crippen LogP contribution in [0.15, 0.2) is 36.7 Å². The van der Waals surface area contributed by atoms with E-state index in [1.807, 2.05) is 0 Å². The lowest BCUT2D eigenvalue weighted by molar-refractivity contribution is -0.146.